The van der Waals surface area contributed by atoms with Gasteiger partial charge >= 0.3 is 0 Å². The van der Waals surface area contributed by atoms with Crippen molar-refractivity contribution in [1.82, 2.24) is 0 Å². The van der Waals surface area contributed by atoms with Gasteiger partial charge in [0.15, 0.2) is 0 Å². The molecule has 2 heterocycles. The molecular weight excluding hydrogens is 456 g/mol. The molecule has 4 heteroatoms. The van der Waals surface area contributed by atoms with Crippen molar-refractivity contribution in [3.63, 3.8) is 0 Å². The van der Waals surface area contributed by atoms with Crippen molar-refractivity contribution in [2.45, 2.75) is 57.8 Å². The number of nitrogens with one attached hydrogen (secondary N) is 2. The molecule has 4 aromatic carbocycles. The molecule has 1 spiro atoms. The van der Waals surface area contributed by atoms with Crippen molar-refractivity contribution in [2.75, 3.05) is 0 Å². The smallest absolute Gasteiger partial charge is 0.141 e. The summed E-state index contributed by atoms with van der Waals surface area (Å²) in [5.41, 5.74) is 7.93. The topological polar surface area (TPSA) is 55.0 Å². The molecule has 0 aromatic heterocycles. The Hall–Kier alpha value is -3.28. The maximum absolute atomic E-state index is 14.2. The molecule has 0 amide bonds. The van der Waals surface area contributed by atoms with Crippen LogP contribution in [-0.2, 0) is 16.2 Å². The van der Waals surface area contributed by atoms with Gasteiger partial charge < -0.3 is 20.5 Å². The summed E-state index contributed by atoms with van der Waals surface area (Å²) >= 11 is 0. The molecule has 0 fully saturated rings. The predicted octanol–water partition coefficient (Wildman–Crippen LogP) is 5.98. The SMILES string of the molecule is CC(C)(C)c1ccc2c(c1)C1(c3ccccc3[NH+]([O-])c3ccccc31)c1c(cccc1C(C)(C)C)[NH+]2[O-]. The van der Waals surface area contributed by atoms with Crippen LogP contribution in [0.1, 0.15) is 74.9 Å². The molecule has 0 saturated carbocycles. The third-order valence-electron chi connectivity index (χ3n) is 8.18. The minimum atomic E-state index is -0.787. The van der Waals surface area contributed by atoms with E-state index in [0.717, 1.165) is 33.5 Å². The lowest BCUT2D eigenvalue weighted by molar-refractivity contribution is -0.704. The highest BCUT2D eigenvalue weighted by Gasteiger charge is 2.55. The van der Waals surface area contributed by atoms with Crippen LogP contribution in [0.5, 0.6) is 0 Å². The Morgan fingerprint density at radius 3 is 1.62 bits per heavy atom. The highest BCUT2D eigenvalue weighted by molar-refractivity contribution is 5.80. The zero-order chi connectivity index (χ0) is 26.3. The molecule has 1 atom stereocenters. The monoisotopic (exact) mass is 490 g/mol. The maximum atomic E-state index is 14.2. The Morgan fingerprint density at radius 2 is 1.05 bits per heavy atom. The van der Waals surface area contributed by atoms with Crippen LogP contribution in [0, 0.1) is 10.4 Å². The summed E-state index contributed by atoms with van der Waals surface area (Å²) < 4.78 is 0. The first kappa shape index (κ1) is 24.1. The highest BCUT2D eigenvalue weighted by atomic mass is 16.5. The van der Waals surface area contributed by atoms with Crippen molar-refractivity contribution in [2.24, 2.45) is 0 Å². The second-order valence-corrected chi connectivity index (χ2v) is 12.5. The van der Waals surface area contributed by atoms with Gasteiger partial charge in [-0.2, -0.15) is 0 Å². The van der Waals surface area contributed by atoms with Gasteiger partial charge in [-0.25, -0.2) is 0 Å². The van der Waals surface area contributed by atoms with E-state index >= 15 is 0 Å². The summed E-state index contributed by atoms with van der Waals surface area (Å²) in [5.74, 6) is 0. The number of quaternary nitrogens is 2. The summed E-state index contributed by atoms with van der Waals surface area (Å²) in [4.78, 5) is 0. The molecule has 0 bridgehead atoms. The first-order valence-electron chi connectivity index (χ1n) is 13.0. The zero-order valence-corrected chi connectivity index (χ0v) is 22.4. The Labute approximate surface area is 219 Å². The van der Waals surface area contributed by atoms with Crippen LogP contribution in [0.4, 0.5) is 22.7 Å². The number of hydrogen-bond donors (Lipinski definition) is 2. The van der Waals surface area contributed by atoms with Crippen molar-refractivity contribution < 1.29 is 10.1 Å². The van der Waals surface area contributed by atoms with E-state index in [-0.39, 0.29) is 21.0 Å². The van der Waals surface area contributed by atoms with Crippen molar-refractivity contribution in [3.05, 3.63) is 129 Å². The van der Waals surface area contributed by atoms with E-state index in [4.69, 9.17) is 0 Å². The largest absolute Gasteiger partial charge is 0.623 e. The van der Waals surface area contributed by atoms with Gasteiger partial charge in [0.25, 0.3) is 0 Å². The number of benzene rings is 4. The molecule has 4 aromatic rings. The van der Waals surface area contributed by atoms with Gasteiger partial charge in [-0.15, -0.1) is 0 Å². The van der Waals surface area contributed by atoms with Crippen molar-refractivity contribution in [1.29, 1.82) is 0 Å². The normalized spacial score (nSPS) is 22.2. The molecule has 0 saturated heterocycles. The van der Waals surface area contributed by atoms with Crippen LogP contribution in [0.15, 0.2) is 84.9 Å². The van der Waals surface area contributed by atoms with Crippen LogP contribution in [0.25, 0.3) is 0 Å². The quantitative estimate of drug-likeness (QED) is 0.298. The van der Waals surface area contributed by atoms with Crippen LogP contribution in [0.2, 0.25) is 0 Å². The first-order chi connectivity index (χ1) is 17.5. The standard InChI is InChI=1S/C33H34N2O2/c1-31(2,3)21-18-19-28-25(20-21)33(30-24(32(4,5)6)14-11-17-29(30)35(28)37)22-12-7-9-15-26(22)34(36)27-16-10-8-13-23(27)33/h7-20,34-35H,1-6H3. The van der Waals surface area contributed by atoms with Crippen molar-refractivity contribution >= 4 is 22.7 Å². The Bertz CT molecular complexity index is 1490. The summed E-state index contributed by atoms with van der Waals surface area (Å²) in [7, 11) is 0. The van der Waals surface area contributed by atoms with E-state index in [0.29, 0.717) is 17.1 Å². The lowest BCUT2D eigenvalue weighted by Crippen LogP contribution is -3.00. The summed E-state index contributed by atoms with van der Waals surface area (Å²) in [5, 5.41) is 28.1. The van der Waals surface area contributed by atoms with E-state index in [1.807, 2.05) is 54.6 Å². The Morgan fingerprint density at radius 1 is 0.541 bits per heavy atom. The zero-order valence-electron chi connectivity index (χ0n) is 22.4. The molecule has 2 aliphatic rings. The van der Waals surface area contributed by atoms with E-state index in [2.05, 4.69) is 71.9 Å². The Balaban J connectivity index is 1.90. The second kappa shape index (κ2) is 7.86. The molecule has 37 heavy (non-hydrogen) atoms. The molecule has 6 rings (SSSR count). The third kappa shape index (κ3) is 3.23. The maximum Gasteiger partial charge on any atom is 0.141 e. The van der Waals surface area contributed by atoms with Gasteiger partial charge in [-0.3, -0.25) is 0 Å². The van der Waals surface area contributed by atoms with Gasteiger partial charge in [-0.05, 0) is 28.0 Å². The summed E-state index contributed by atoms with van der Waals surface area (Å²) in [6.45, 7) is 13.2. The Kier molecular flexibility index (Phi) is 5.11. The van der Waals surface area contributed by atoms with Gasteiger partial charge in [-0.1, -0.05) is 96.1 Å². The molecular formula is C33H34N2O2. The van der Waals surface area contributed by atoms with Crippen LogP contribution < -0.4 is 10.1 Å². The fraction of sp³-hybridized carbons (Fsp3) is 0.273. The van der Waals surface area contributed by atoms with Crippen molar-refractivity contribution in [3.8, 4) is 0 Å². The molecule has 2 aliphatic heterocycles. The predicted molar refractivity (Wildman–Crippen MR) is 149 cm³/mol. The summed E-state index contributed by atoms with van der Waals surface area (Å²) in [6, 6.07) is 28.5. The fourth-order valence-corrected chi connectivity index (χ4v) is 6.44. The summed E-state index contributed by atoms with van der Waals surface area (Å²) in [6.07, 6.45) is 0. The molecule has 0 radical (unpaired) electrons. The molecule has 2 N–H and O–H groups in total. The molecule has 1 unspecified atom stereocenters. The van der Waals surface area contributed by atoms with E-state index < -0.39 is 5.41 Å². The van der Waals surface area contributed by atoms with Gasteiger partial charge in [0, 0.05) is 46.5 Å². The molecule has 0 aliphatic carbocycles. The number of rotatable bonds is 0. The number of fused-ring (bicyclic) bond motifs is 8. The van der Waals surface area contributed by atoms with Gasteiger partial charge in [0.2, 0.25) is 0 Å². The minimum absolute atomic E-state index is 0.0389. The van der Waals surface area contributed by atoms with E-state index in [1.165, 1.54) is 5.56 Å². The lowest BCUT2D eigenvalue weighted by atomic mass is 9.57. The fourth-order valence-electron chi connectivity index (χ4n) is 6.44. The second-order valence-electron chi connectivity index (χ2n) is 12.5. The average Bonchev–Trinajstić information content (AvgIpc) is 2.87. The third-order valence-corrected chi connectivity index (χ3v) is 8.18. The van der Waals surface area contributed by atoms with Gasteiger partial charge in [0.05, 0.1) is 5.41 Å². The van der Waals surface area contributed by atoms with E-state index in [9.17, 15) is 10.4 Å². The van der Waals surface area contributed by atoms with E-state index in [1.54, 1.807) is 0 Å². The minimum Gasteiger partial charge on any atom is -0.623 e. The van der Waals surface area contributed by atoms with Gasteiger partial charge in [0.1, 0.15) is 22.7 Å². The van der Waals surface area contributed by atoms with Crippen LogP contribution >= 0.6 is 0 Å². The number of hydrogen-bond acceptors (Lipinski definition) is 2. The molecule has 188 valence electrons. The highest BCUT2D eigenvalue weighted by Crippen LogP contribution is 2.58. The van der Waals surface area contributed by atoms with Crippen LogP contribution in [0.3, 0.4) is 0 Å². The average molecular weight is 491 g/mol. The lowest BCUT2D eigenvalue weighted by Gasteiger charge is -2.50. The molecule has 4 nitrogen and oxygen atoms in total. The number of para-hydroxylation sites is 2. The first-order valence-corrected chi connectivity index (χ1v) is 13.0. The van der Waals surface area contributed by atoms with Crippen LogP contribution in [-0.4, -0.2) is 0 Å².